The summed E-state index contributed by atoms with van der Waals surface area (Å²) in [5, 5.41) is 15.3. The molecule has 0 spiro atoms. The number of rotatable bonds is 8. The molecule has 3 aromatic rings. The molecule has 3 aromatic heterocycles. The Kier molecular flexibility index (Phi) is 6.78. The van der Waals surface area contributed by atoms with Gasteiger partial charge in [0.25, 0.3) is 0 Å². The summed E-state index contributed by atoms with van der Waals surface area (Å²) in [6.07, 6.45) is 6.61. The van der Waals surface area contributed by atoms with Gasteiger partial charge in [0.2, 0.25) is 0 Å². The van der Waals surface area contributed by atoms with Crippen molar-refractivity contribution < 1.29 is 0 Å². The molecule has 0 fully saturated rings. The molecule has 0 bridgehead atoms. The topological polar surface area (TPSA) is 85.0 Å². The average molecular weight is 381 g/mol. The monoisotopic (exact) mass is 380 g/mol. The Hall–Kier alpha value is -3.16. The zero-order valence-electron chi connectivity index (χ0n) is 16.8. The number of pyridine rings is 1. The van der Waals surface area contributed by atoms with Crippen LogP contribution in [0.2, 0.25) is 0 Å². The summed E-state index contributed by atoms with van der Waals surface area (Å²) in [6, 6.07) is 8.01. The van der Waals surface area contributed by atoms with Gasteiger partial charge in [-0.1, -0.05) is 6.07 Å². The number of guanidine groups is 1. The van der Waals surface area contributed by atoms with Crippen molar-refractivity contribution in [2.24, 2.45) is 4.99 Å². The Morgan fingerprint density at radius 2 is 2.11 bits per heavy atom. The largest absolute Gasteiger partial charge is 0.357 e. The fourth-order valence-electron chi connectivity index (χ4n) is 2.89. The number of hydrogen-bond acceptors (Lipinski definition) is 4. The maximum absolute atomic E-state index is 4.65. The van der Waals surface area contributed by atoms with E-state index in [0.717, 1.165) is 54.8 Å². The van der Waals surface area contributed by atoms with Gasteiger partial charge in [-0.25, -0.2) is 14.7 Å². The average Bonchev–Trinajstić information content (AvgIpc) is 3.32. The minimum absolute atomic E-state index is 0.568. The van der Waals surface area contributed by atoms with Gasteiger partial charge in [-0.2, -0.15) is 10.2 Å². The Morgan fingerprint density at radius 1 is 1.21 bits per heavy atom. The van der Waals surface area contributed by atoms with Crippen LogP contribution >= 0.6 is 0 Å². The quantitative estimate of drug-likeness (QED) is 0.356. The molecule has 0 aliphatic heterocycles. The van der Waals surface area contributed by atoms with Gasteiger partial charge in [0.05, 0.1) is 12.2 Å². The van der Waals surface area contributed by atoms with Gasteiger partial charge < -0.3 is 10.6 Å². The van der Waals surface area contributed by atoms with Gasteiger partial charge >= 0.3 is 0 Å². The van der Waals surface area contributed by atoms with Crippen LogP contribution in [-0.4, -0.2) is 43.6 Å². The molecule has 0 aliphatic carbocycles. The van der Waals surface area contributed by atoms with E-state index in [0.29, 0.717) is 6.54 Å². The summed E-state index contributed by atoms with van der Waals surface area (Å²) in [5.41, 5.74) is 3.12. The molecule has 0 unspecified atom stereocenters. The molecule has 8 nitrogen and oxygen atoms in total. The van der Waals surface area contributed by atoms with Crippen molar-refractivity contribution in [3.63, 3.8) is 0 Å². The molecular weight excluding hydrogens is 352 g/mol. The van der Waals surface area contributed by atoms with E-state index in [1.165, 1.54) is 0 Å². The molecular formula is C20H28N8. The molecule has 8 heteroatoms. The van der Waals surface area contributed by atoms with Crippen LogP contribution < -0.4 is 10.6 Å². The summed E-state index contributed by atoms with van der Waals surface area (Å²) < 4.78 is 3.79. The summed E-state index contributed by atoms with van der Waals surface area (Å²) in [6.45, 7) is 9.18. The van der Waals surface area contributed by atoms with Crippen molar-refractivity contribution >= 4 is 5.96 Å². The lowest BCUT2D eigenvalue weighted by Gasteiger charge is -2.11. The molecule has 0 saturated heterocycles. The second-order valence-electron chi connectivity index (χ2n) is 6.61. The number of aliphatic imine (C=N–C) groups is 1. The van der Waals surface area contributed by atoms with Gasteiger partial charge in [-0.15, -0.1) is 0 Å². The van der Waals surface area contributed by atoms with E-state index in [-0.39, 0.29) is 0 Å². The number of aryl methyl sites for hydroxylation is 3. The summed E-state index contributed by atoms with van der Waals surface area (Å²) in [7, 11) is 0. The van der Waals surface area contributed by atoms with Crippen LogP contribution in [0, 0.1) is 13.8 Å². The van der Waals surface area contributed by atoms with Crippen molar-refractivity contribution in [3.05, 3.63) is 59.8 Å². The highest BCUT2D eigenvalue weighted by Gasteiger charge is 2.05. The lowest BCUT2D eigenvalue weighted by molar-refractivity contribution is 0.570. The first-order valence-corrected chi connectivity index (χ1v) is 9.64. The van der Waals surface area contributed by atoms with Crippen LogP contribution in [0.1, 0.15) is 30.3 Å². The maximum atomic E-state index is 4.65. The first-order valence-electron chi connectivity index (χ1n) is 9.64. The van der Waals surface area contributed by atoms with Crippen molar-refractivity contribution in [2.45, 2.75) is 40.3 Å². The lowest BCUT2D eigenvalue weighted by Crippen LogP contribution is -2.38. The van der Waals surface area contributed by atoms with Crippen molar-refractivity contribution in [3.8, 4) is 5.82 Å². The molecule has 148 valence electrons. The Bertz CT molecular complexity index is 878. The van der Waals surface area contributed by atoms with Gasteiger partial charge in [-0.3, -0.25) is 4.68 Å². The fourth-order valence-corrected chi connectivity index (χ4v) is 2.89. The third-order valence-corrected chi connectivity index (χ3v) is 4.22. The molecule has 3 heterocycles. The Labute approximate surface area is 165 Å². The van der Waals surface area contributed by atoms with Gasteiger partial charge in [-0.05, 0) is 51.0 Å². The normalized spacial score (nSPS) is 11.6. The van der Waals surface area contributed by atoms with Crippen LogP contribution in [-0.2, 0) is 13.1 Å². The van der Waals surface area contributed by atoms with Gasteiger partial charge in [0.1, 0.15) is 0 Å². The molecule has 0 aromatic carbocycles. The minimum atomic E-state index is 0.568. The second-order valence-corrected chi connectivity index (χ2v) is 6.61. The highest BCUT2D eigenvalue weighted by Crippen LogP contribution is 2.10. The third-order valence-electron chi connectivity index (χ3n) is 4.22. The molecule has 0 atom stereocenters. The zero-order chi connectivity index (χ0) is 19.8. The standard InChI is InChI=1S/C20H28N8/c1-4-21-20(22-9-5-11-27-12-6-10-25-27)24-15-18-7-8-19(23-14-18)28-17(3)13-16(2)26-28/h6-8,10,12-14H,4-5,9,11,15H2,1-3H3,(H2,21,22,24). The van der Waals surface area contributed by atoms with Gasteiger partial charge in [0.15, 0.2) is 11.8 Å². The van der Waals surface area contributed by atoms with E-state index in [1.807, 2.05) is 59.9 Å². The number of nitrogens with zero attached hydrogens (tertiary/aromatic N) is 6. The van der Waals surface area contributed by atoms with E-state index >= 15 is 0 Å². The van der Waals surface area contributed by atoms with Crippen LogP contribution in [0.15, 0.2) is 47.8 Å². The van der Waals surface area contributed by atoms with Gasteiger partial charge in [0, 0.05) is 43.9 Å². The van der Waals surface area contributed by atoms with Crippen LogP contribution in [0.5, 0.6) is 0 Å². The highest BCUT2D eigenvalue weighted by molar-refractivity contribution is 5.79. The summed E-state index contributed by atoms with van der Waals surface area (Å²) >= 11 is 0. The maximum Gasteiger partial charge on any atom is 0.191 e. The molecule has 3 rings (SSSR count). The number of nitrogens with one attached hydrogen (secondary N) is 2. The van der Waals surface area contributed by atoms with Crippen molar-refractivity contribution in [2.75, 3.05) is 13.1 Å². The van der Waals surface area contributed by atoms with Crippen molar-refractivity contribution in [1.82, 2.24) is 35.2 Å². The van der Waals surface area contributed by atoms with E-state index in [2.05, 4.69) is 37.7 Å². The second kappa shape index (κ2) is 9.68. The Balaban J connectivity index is 1.54. The van der Waals surface area contributed by atoms with Crippen LogP contribution in [0.3, 0.4) is 0 Å². The zero-order valence-corrected chi connectivity index (χ0v) is 16.8. The van der Waals surface area contributed by atoms with Crippen LogP contribution in [0.4, 0.5) is 0 Å². The number of hydrogen-bond donors (Lipinski definition) is 2. The predicted molar refractivity (Wildman–Crippen MR) is 110 cm³/mol. The fraction of sp³-hybridized carbons (Fsp3) is 0.400. The molecule has 2 N–H and O–H groups in total. The molecule has 0 aliphatic rings. The van der Waals surface area contributed by atoms with E-state index < -0.39 is 0 Å². The van der Waals surface area contributed by atoms with Crippen LogP contribution in [0.25, 0.3) is 5.82 Å². The predicted octanol–water partition coefficient (Wildman–Crippen LogP) is 2.23. The molecule has 0 radical (unpaired) electrons. The minimum Gasteiger partial charge on any atom is -0.357 e. The first-order chi connectivity index (χ1) is 13.7. The third kappa shape index (κ3) is 5.42. The van der Waals surface area contributed by atoms with Crippen molar-refractivity contribution in [1.29, 1.82) is 0 Å². The molecule has 0 saturated carbocycles. The summed E-state index contributed by atoms with van der Waals surface area (Å²) in [4.78, 5) is 9.18. The molecule has 0 amide bonds. The van der Waals surface area contributed by atoms with E-state index in [9.17, 15) is 0 Å². The van der Waals surface area contributed by atoms with E-state index in [1.54, 1.807) is 6.20 Å². The Morgan fingerprint density at radius 3 is 2.75 bits per heavy atom. The molecule has 28 heavy (non-hydrogen) atoms. The lowest BCUT2D eigenvalue weighted by atomic mass is 10.3. The highest BCUT2D eigenvalue weighted by atomic mass is 15.3. The summed E-state index contributed by atoms with van der Waals surface area (Å²) in [5.74, 6) is 1.63. The SMILES string of the molecule is CCNC(=NCc1ccc(-n2nc(C)cc2C)nc1)NCCCn1cccn1. The number of aromatic nitrogens is 5. The first kappa shape index (κ1) is 19.6. The van der Waals surface area contributed by atoms with E-state index in [4.69, 9.17) is 0 Å². The smallest absolute Gasteiger partial charge is 0.191 e.